The standard InChI is InChI=1S/C22H34N4O2/c27-20-13-21(22(28)24-18-6-2-1-3-7-18)26(16-20)19-8-11-25(12-9-19)15-17-5-4-10-23-14-17/h4-5,10,14,18-21,27H,1-3,6-9,11-13,15-16H2,(H,24,28)/t20-,21+/m1/s1. The van der Waals surface area contributed by atoms with Crippen molar-refractivity contribution in [2.45, 2.75) is 82.1 Å². The highest BCUT2D eigenvalue weighted by Crippen LogP contribution is 2.28. The van der Waals surface area contributed by atoms with Gasteiger partial charge in [-0.1, -0.05) is 25.3 Å². The first kappa shape index (κ1) is 19.8. The predicted molar refractivity (Wildman–Crippen MR) is 109 cm³/mol. The van der Waals surface area contributed by atoms with Crippen LogP contribution in [0.15, 0.2) is 24.5 Å². The monoisotopic (exact) mass is 386 g/mol. The van der Waals surface area contributed by atoms with Crippen LogP contribution in [0, 0.1) is 0 Å². The highest BCUT2D eigenvalue weighted by atomic mass is 16.3. The molecular weight excluding hydrogens is 352 g/mol. The Morgan fingerprint density at radius 3 is 2.68 bits per heavy atom. The lowest BCUT2D eigenvalue weighted by atomic mass is 9.95. The number of rotatable bonds is 5. The molecule has 1 aromatic rings. The smallest absolute Gasteiger partial charge is 0.237 e. The molecule has 0 spiro atoms. The highest BCUT2D eigenvalue weighted by molar-refractivity contribution is 5.82. The van der Waals surface area contributed by atoms with Gasteiger partial charge in [-0.15, -0.1) is 0 Å². The molecule has 1 aliphatic carbocycles. The van der Waals surface area contributed by atoms with Crippen molar-refractivity contribution in [3.05, 3.63) is 30.1 Å². The number of piperidine rings is 1. The maximum absolute atomic E-state index is 12.9. The number of carbonyl (C=O) groups is 1. The summed E-state index contributed by atoms with van der Waals surface area (Å²) in [6.45, 7) is 3.64. The molecular formula is C22H34N4O2. The zero-order valence-corrected chi connectivity index (χ0v) is 16.8. The molecule has 0 unspecified atom stereocenters. The van der Waals surface area contributed by atoms with Crippen LogP contribution in [0.1, 0.15) is 56.9 Å². The van der Waals surface area contributed by atoms with Crippen molar-refractivity contribution < 1.29 is 9.90 Å². The third-order valence-corrected chi connectivity index (χ3v) is 6.73. The lowest BCUT2D eigenvalue weighted by Crippen LogP contribution is -2.52. The van der Waals surface area contributed by atoms with E-state index < -0.39 is 0 Å². The molecule has 3 fully saturated rings. The van der Waals surface area contributed by atoms with Gasteiger partial charge in [-0.25, -0.2) is 0 Å². The van der Waals surface area contributed by atoms with Crippen LogP contribution in [-0.2, 0) is 11.3 Å². The van der Waals surface area contributed by atoms with Crippen molar-refractivity contribution in [2.24, 2.45) is 0 Å². The van der Waals surface area contributed by atoms with Crippen LogP contribution >= 0.6 is 0 Å². The van der Waals surface area contributed by atoms with Gasteiger partial charge in [-0.3, -0.25) is 19.6 Å². The summed E-state index contributed by atoms with van der Waals surface area (Å²) >= 11 is 0. The second kappa shape index (κ2) is 9.33. The number of amides is 1. The summed E-state index contributed by atoms with van der Waals surface area (Å²) in [6.07, 6.45) is 12.0. The molecule has 2 saturated heterocycles. The first-order valence-corrected chi connectivity index (χ1v) is 11.0. The van der Waals surface area contributed by atoms with Crippen molar-refractivity contribution in [1.29, 1.82) is 0 Å². The number of carbonyl (C=O) groups excluding carboxylic acids is 1. The molecule has 1 aromatic heterocycles. The second-order valence-corrected chi connectivity index (χ2v) is 8.81. The quantitative estimate of drug-likeness (QED) is 0.809. The normalized spacial score (nSPS) is 28.5. The minimum atomic E-state index is -0.379. The van der Waals surface area contributed by atoms with E-state index >= 15 is 0 Å². The van der Waals surface area contributed by atoms with Crippen molar-refractivity contribution in [3.63, 3.8) is 0 Å². The first-order chi connectivity index (χ1) is 13.7. The largest absolute Gasteiger partial charge is 0.392 e. The Bertz CT molecular complexity index is 627. The Labute approximate surface area is 168 Å². The molecule has 154 valence electrons. The third-order valence-electron chi connectivity index (χ3n) is 6.73. The van der Waals surface area contributed by atoms with E-state index in [1.54, 1.807) is 0 Å². The van der Waals surface area contributed by atoms with Gasteiger partial charge in [0.05, 0.1) is 12.1 Å². The van der Waals surface area contributed by atoms with E-state index in [2.05, 4.69) is 26.2 Å². The Morgan fingerprint density at radius 2 is 1.96 bits per heavy atom. The number of likely N-dealkylation sites (tertiary alicyclic amines) is 2. The fourth-order valence-corrected chi connectivity index (χ4v) is 5.20. The van der Waals surface area contributed by atoms with Crippen LogP contribution in [0.3, 0.4) is 0 Å². The van der Waals surface area contributed by atoms with E-state index in [0.717, 1.165) is 45.3 Å². The minimum Gasteiger partial charge on any atom is -0.392 e. The van der Waals surface area contributed by atoms with Gasteiger partial charge in [0, 0.05) is 37.6 Å². The number of pyridine rings is 1. The first-order valence-electron chi connectivity index (χ1n) is 11.0. The molecule has 28 heavy (non-hydrogen) atoms. The van der Waals surface area contributed by atoms with E-state index in [1.807, 2.05) is 18.5 Å². The zero-order valence-electron chi connectivity index (χ0n) is 16.8. The fourth-order valence-electron chi connectivity index (χ4n) is 5.20. The Morgan fingerprint density at radius 1 is 1.18 bits per heavy atom. The summed E-state index contributed by atoms with van der Waals surface area (Å²) in [4.78, 5) is 21.9. The van der Waals surface area contributed by atoms with E-state index in [1.165, 1.54) is 24.8 Å². The van der Waals surface area contributed by atoms with Gasteiger partial charge in [-0.05, 0) is 56.8 Å². The number of aliphatic hydroxyl groups is 1. The second-order valence-electron chi connectivity index (χ2n) is 8.81. The Balaban J connectivity index is 1.30. The van der Waals surface area contributed by atoms with Crippen LogP contribution in [0.2, 0.25) is 0 Å². The van der Waals surface area contributed by atoms with Gasteiger partial charge in [0.2, 0.25) is 5.91 Å². The average molecular weight is 387 g/mol. The van der Waals surface area contributed by atoms with Gasteiger partial charge in [-0.2, -0.15) is 0 Å². The highest BCUT2D eigenvalue weighted by Gasteiger charge is 2.41. The number of β-amino-alcohol motifs (C(OH)–C–C–N with tert-alkyl or cyclic N) is 1. The fraction of sp³-hybridized carbons (Fsp3) is 0.727. The average Bonchev–Trinajstić information content (AvgIpc) is 3.12. The molecule has 0 bridgehead atoms. The van der Waals surface area contributed by atoms with Gasteiger partial charge >= 0.3 is 0 Å². The van der Waals surface area contributed by atoms with Gasteiger partial charge in [0.15, 0.2) is 0 Å². The molecule has 0 aromatic carbocycles. The van der Waals surface area contributed by atoms with Crippen LogP contribution in [0.5, 0.6) is 0 Å². The number of hydrogen-bond donors (Lipinski definition) is 2. The molecule has 2 atom stereocenters. The van der Waals surface area contributed by atoms with Crippen LogP contribution < -0.4 is 5.32 Å². The Hall–Kier alpha value is -1.50. The molecule has 2 aliphatic heterocycles. The van der Waals surface area contributed by atoms with E-state index in [-0.39, 0.29) is 18.1 Å². The summed E-state index contributed by atoms with van der Waals surface area (Å²) in [5, 5.41) is 13.5. The van der Waals surface area contributed by atoms with E-state index in [9.17, 15) is 9.90 Å². The number of aromatic nitrogens is 1. The number of nitrogens with zero attached hydrogens (tertiary/aromatic N) is 3. The SMILES string of the molecule is O=C(NC1CCCCC1)[C@@H]1C[C@@H](O)CN1C1CCN(Cc2cccnc2)CC1. The molecule has 1 amide bonds. The van der Waals surface area contributed by atoms with E-state index in [0.29, 0.717) is 25.0 Å². The summed E-state index contributed by atoms with van der Waals surface area (Å²) in [6, 6.07) is 4.68. The van der Waals surface area contributed by atoms with Crippen molar-refractivity contribution in [1.82, 2.24) is 20.1 Å². The maximum Gasteiger partial charge on any atom is 0.237 e. The number of hydrogen-bond acceptors (Lipinski definition) is 5. The summed E-state index contributed by atoms with van der Waals surface area (Å²) in [5.74, 6) is 0.140. The topological polar surface area (TPSA) is 68.7 Å². The number of nitrogens with one attached hydrogen (secondary N) is 1. The number of aliphatic hydroxyl groups excluding tert-OH is 1. The molecule has 3 heterocycles. The van der Waals surface area contributed by atoms with E-state index in [4.69, 9.17) is 0 Å². The molecule has 1 saturated carbocycles. The molecule has 6 heteroatoms. The van der Waals surface area contributed by atoms with Crippen LogP contribution in [0.4, 0.5) is 0 Å². The van der Waals surface area contributed by atoms with Gasteiger partial charge < -0.3 is 10.4 Å². The molecule has 0 radical (unpaired) electrons. The van der Waals surface area contributed by atoms with Crippen molar-refractivity contribution >= 4 is 5.91 Å². The minimum absolute atomic E-state index is 0.140. The molecule has 3 aliphatic rings. The van der Waals surface area contributed by atoms with Gasteiger partial charge in [0.1, 0.15) is 0 Å². The lowest BCUT2D eigenvalue weighted by molar-refractivity contribution is -0.127. The van der Waals surface area contributed by atoms with Crippen LogP contribution in [-0.4, -0.2) is 69.7 Å². The van der Waals surface area contributed by atoms with Crippen molar-refractivity contribution in [2.75, 3.05) is 19.6 Å². The third kappa shape index (κ3) is 4.91. The zero-order chi connectivity index (χ0) is 19.3. The molecule has 2 N–H and O–H groups in total. The maximum atomic E-state index is 12.9. The summed E-state index contributed by atoms with van der Waals surface area (Å²) < 4.78 is 0. The lowest BCUT2D eigenvalue weighted by Gasteiger charge is -2.39. The van der Waals surface area contributed by atoms with Gasteiger partial charge in [0.25, 0.3) is 0 Å². The van der Waals surface area contributed by atoms with Crippen LogP contribution in [0.25, 0.3) is 0 Å². The molecule has 4 rings (SSSR count). The summed E-state index contributed by atoms with van der Waals surface area (Å²) in [7, 11) is 0. The Kier molecular flexibility index (Phi) is 6.60. The van der Waals surface area contributed by atoms with Crippen molar-refractivity contribution in [3.8, 4) is 0 Å². The predicted octanol–water partition coefficient (Wildman–Crippen LogP) is 1.93. The molecule has 6 nitrogen and oxygen atoms in total. The summed E-state index contributed by atoms with van der Waals surface area (Å²) in [5.41, 5.74) is 1.25.